The monoisotopic (exact) mass is 535 g/mol. The van der Waals surface area contributed by atoms with Crippen molar-refractivity contribution in [1.82, 2.24) is 0 Å². The Morgan fingerprint density at radius 3 is 2.37 bits per heavy atom. The Morgan fingerprint density at radius 1 is 1.03 bits per heavy atom. The van der Waals surface area contributed by atoms with Crippen LogP contribution in [-0.4, -0.2) is 29.3 Å². The number of benzene rings is 2. The smallest absolute Gasteiger partial charge is 0.341 e. The first-order valence-electron chi connectivity index (χ1n) is 10.2. The van der Waals surface area contributed by atoms with Gasteiger partial charge in [0.2, 0.25) is 0 Å². The van der Waals surface area contributed by atoms with Gasteiger partial charge in [0.25, 0.3) is 17.5 Å². The van der Waals surface area contributed by atoms with E-state index in [1.807, 2.05) is 6.92 Å². The highest BCUT2D eigenvalue weighted by Gasteiger charge is 2.27. The molecule has 2 amide bonds. The molecule has 0 radical (unpaired) electrons. The average Bonchev–Trinajstić information content (AvgIpc) is 3.12. The molecule has 12 heteroatoms. The van der Waals surface area contributed by atoms with Gasteiger partial charge in [-0.3, -0.25) is 19.7 Å². The standard InChI is InChI=1S/C23H19Cl2N3O6S/c1-4-34-23(31)18-12(3)19(21(30)26-14-7-5-11(2)16(25)10-14)35-22(18)27-20(29)13-6-8-15(24)17(9-13)28(32)33/h5-10H,4H2,1-3H3,(H,26,30)(H,27,29). The molecule has 2 aromatic carbocycles. The van der Waals surface area contributed by atoms with Gasteiger partial charge in [-0.15, -0.1) is 11.3 Å². The number of halogens is 2. The number of aryl methyl sites for hydroxylation is 1. The zero-order valence-electron chi connectivity index (χ0n) is 18.7. The van der Waals surface area contributed by atoms with E-state index in [1.165, 1.54) is 12.1 Å². The lowest BCUT2D eigenvalue weighted by molar-refractivity contribution is -0.384. The number of carbonyl (C=O) groups is 3. The predicted octanol–water partition coefficient (Wildman–Crippen LogP) is 6.26. The number of nitrogens with zero attached hydrogens (tertiary/aromatic N) is 1. The second-order valence-corrected chi connectivity index (χ2v) is 9.11. The summed E-state index contributed by atoms with van der Waals surface area (Å²) in [6.45, 7) is 5.09. The summed E-state index contributed by atoms with van der Waals surface area (Å²) in [6, 6.07) is 8.59. The number of rotatable bonds is 7. The first-order valence-corrected chi connectivity index (χ1v) is 11.7. The lowest BCUT2D eigenvalue weighted by Crippen LogP contribution is -2.15. The van der Waals surface area contributed by atoms with Gasteiger partial charge in [0.1, 0.15) is 10.0 Å². The molecule has 0 spiro atoms. The number of nitro groups is 1. The maximum Gasteiger partial charge on any atom is 0.341 e. The molecule has 182 valence electrons. The molecule has 9 nitrogen and oxygen atoms in total. The quantitative estimate of drug-likeness (QED) is 0.208. The first kappa shape index (κ1) is 26.1. The Kier molecular flexibility index (Phi) is 8.11. The third-order valence-corrected chi connectivity index (χ3v) is 6.83. The zero-order valence-corrected chi connectivity index (χ0v) is 21.1. The lowest BCUT2D eigenvalue weighted by atomic mass is 10.1. The number of amides is 2. The van der Waals surface area contributed by atoms with E-state index in [1.54, 1.807) is 32.0 Å². The van der Waals surface area contributed by atoms with Gasteiger partial charge >= 0.3 is 5.97 Å². The number of carbonyl (C=O) groups excluding carboxylic acids is 3. The van der Waals surface area contributed by atoms with Crippen molar-refractivity contribution in [3.05, 3.63) is 83.7 Å². The summed E-state index contributed by atoms with van der Waals surface area (Å²) in [5, 5.41) is 16.9. The maximum absolute atomic E-state index is 13.0. The minimum atomic E-state index is -0.728. The summed E-state index contributed by atoms with van der Waals surface area (Å²) < 4.78 is 5.10. The summed E-state index contributed by atoms with van der Waals surface area (Å²) in [7, 11) is 0. The van der Waals surface area contributed by atoms with Crippen LogP contribution in [0, 0.1) is 24.0 Å². The summed E-state index contributed by atoms with van der Waals surface area (Å²) in [4.78, 5) is 49.1. The Labute approximate surface area is 214 Å². The lowest BCUT2D eigenvalue weighted by Gasteiger charge is -2.07. The van der Waals surface area contributed by atoms with Gasteiger partial charge in [0.15, 0.2) is 0 Å². The van der Waals surface area contributed by atoms with Crippen LogP contribution in [0.25, 0.3) is 0 Å². The topological polar surface area (TPSA) is 128 Å². The Morgan fingerprint density at radius 2 is 1.74 bits per heavy atom. The molecule has 0 aliphatic rings. The molecular formula is C23H19Cl2N3O6S. The predicted molar refractivity (Wildman–Crippen MR) is 135 cm³/mol. The van der Waals surface area contributed by atoms with E-state index in [0.717, 1.165) is 23.0 Å². The Bertz CT molecular complexity index is 1360. The molecule has 35 heavy (non-hydrogen) atoms. The molecule has 0 aliphatic carbocycles. The highest BCUT2D eigenvalue weighted by atomic mass is 35.5. The van der Waals surface area contributed by atoms with Crippen LogP contribution in [0.15, 0.2) is 36.4 Å². The number of esters is 1. The van der Waals surface area contributed by atoms with Crippen LogP contribution in [0.5, 0.6) is 0 Å². The molecule has 1 heterocycles. The zero-order chi connectivity index (χ0) is 25.9. The van der Waals surface area contributed by atoms with Gasteiger partial charge in [-0.1, -0.05) is 29.3 Å². The molecule has 0 saturated carbocycles. The molecule has 0 atom stereocenters. The van der Waals surface area contributed by atoms with E-state index < -0.39 is 28.4 Å². The summed E-state index contributed by atoms with van der Waals surface area (Å²) >= 11 is 12.8. The van der Waals surface area contributed by atoms with Crippen LogP contribution in [0.3, 0.4) is 0 Å². The molecule has 0 unspecified atom stereocenters. The van der Waals surface area contributed by atoms with Crippen molar-refractivity contribution < 1.29 is 24.0 Å². The summed E-state index contributed by atoms with van der Waals surface area (Å²) in [5.74, 6) is -1.97. The van der Waals surface area contributed by atoms with Crippen molar-refractivity contribution in [2.45, 2.75) is 20.8 Å². The highest BCUT2D eigenvalue weighted by Crippen LogP contribution is 2.35. The fraction of sp³-hybridized carbons (Fsp3) is 0.174. The molecule has 0 saturated heterocycles. The van der Waals surface area contributed by atoms with Crippen LogP contribution in [0.2, 0.25) is 10.0 Å². The average molecular weight is 536 g/mol. The number of thiophene rings is 1. The van der Waals surface area contributed by atoms with Crippen LogP contribution < -0.4 is 10.6 Å². The van der Waals surface area contributed by atoms with E-state index in [-0.39, 0.29) is 32.6 Å². The minimum Gasteiger partial charge on any atom is -0.462 e. The van der Waals surface area contributed by atoms with Gasteiger partial charge < -0.3 is 15.4 Å². The van der Waals surface area contributed by atoms with Crippen molar-refractivity contribution in [2.24, 2.45) is 0 Å². The van der Waals surface area contributed by atoms with E-state index in [2.05, 4.69) is 10.6 Å². The summed E-state index contributed by atoms with van der Waals surface area (Å²) in [5.41, 5.74) is 1.12. The third-order valence-electron chi connectivity index (χ3n) is 4.89. The highest BCUT2D eigenvalue weighted by molar-refractivity contribution is 7.19. The summed E-state index contributed by atoms with van der Waals surface area (Å²) in [6.07, 6.45) is 0. The first-order chi connectivity index (χ1) is 16.5. The van der Waals surface area contributed by atoms with Crippen molar-refractivity contribution in [2.75, 3.05) is 17.2 Å². The normalized spacial score (nSPS) is 10.5. The SMILES string of the molecule is CCOC(=O)c1c(NC(=O)c2ccc(Cl)c([N+](=O)[O-])c2)sc(C(=O)Nc2ccc(C)c(Cl)c2)c1C. The molecular weight excluding hydrogens is 517 g/mol. The van der Waals surface area contributed by atoms with Crippen molar-refractivity contribution in [1.29, 1.82) is 0 Å². The fourth-order valence-electron chi connectivity index (χ4n) is 3.09. The van der Waals surface area contributed by atoms with Crippen LogP contribution in [0.4, 0.5) is 16.4 Å². The van der Waals surface area contributed by atoms with Crippen LogP contribution in [-0.2, 0) is 4.74 Å². The Hall–Kier alpha value is -3.47. The molecule has 3 aromatic rings. The second-order valence-electron chi connectivity index (χ2n) is 7.28. The van der Waals surface area contributed by atoms with E-state index in [0.29, 0.717) is 16.3 Å². The van der Waals surface area contributed by atoms with Gasteiger partial charge in [-0.25, -0.2) is 4.79 Å². The second kappa shape index (κ2) is 10.9. The van der Waals surface area contributed by atoms with E-state index in [9.17, 15) is 24.5 Å². The molecule has 1 aromatic heterocycles. The largest absolute Gasteiger partial charge is 0.462 e. The van der Waals surface area contributed by atoms with Gasteiger partial charge in [0, 0.05) is 22.3 Å². The van der Waals surface area contributed by atoms with Crippen molar-refractivity contribution >= 4 is 68.7 Å². The molecule has 0 bridgehead atoms. The van der Waals surface area contributed by atoms with Gasteiger partial charge in [-0.05, 0) is 56.2 Å². The van der Waals surface area contributed by atoms with Crippen molar-refractivity contribution in [3.63, 3.8) is 0 Å². The Balaban J connectivity index is 1.97. The number of hydrogen-bond donors (Lipinski definition) is 2. The number of nitrogens with one attached hydrogen (secondary N) is 2. The van der Waals surface area contributed by atoms with E-state index >= 15 is 0 Å². The number of ether oxygens (including phenoxy) is 1. The molecule has 0 aliphatic heterocycles. The van der Waals surface area contributed by atoms with E-state index in [4.69, 9.17) is 27.9 Å². The molecule has 3 rings (SSSR count). The third kappa shape index (κ3) is 5.79. The minimum absolute atomic E-state index is 0.0146. The van der Waals surface area contributed by atoms with Gasteiger partial charge in [-0.2, -0.15) is 0 Å². The molecule has 0 fully saturated rings. The number of nitro benzene ring substituents is 1. The van der Waals surface area contributed by atoms with Gasteiger partial charge in [0.05, 0.1) is 22.0 Å². The fourth-order valence-corrected chi connectivity index (χ4v) is 4.55. The maximum atomic E-state index is 13.0. The number of anilines is 2. The van der Waals surface area contributed by atoms with Crippen LogP contribution in [0.1, 0.15) is 48.4 Å². The molecule has 2 N–H and O–H groups in total. The number of hydrogen-bond acceptors (Lipinski definition) is 7. The van der Waals surface area contributed by atoms with Crippen LogP contribution >= 0.6 is 34.5 Å². The van der Waals surface area contributed by atoms with Crippen molar-refractivity contribution in [3.8, 4) is 0 Å².